The molecule has 0 aliphatic rings. The average Bonchev–Trinajstić information content (AvgIpc) is 2.86. The van der Waals surface area contributed by atoms with Crippen LogP contribution in [0.3, 0.4) is 0 Å². The Kier molecular flexibility index (Phi) is 5.33. The van der Waals surface area contributed by atoms with E-state index in [9.17, 15) is 17.6 Å². The maximum Gasteiger partial charge on any atom is 0.228 e. The van der Waals surface area contributed by atoms with Crippen molar-refractivity contribution in [3.63, 3.8) is 0 Å². The Hall–Kier alpha value is -1.58. The van der Waals surface area contributed by atoms with E-state index < -0.39 is 15.8 Å². The van der Waals surface area contributed by atoms with Crippen LogP contribution in [-0.2, 0) is 14.6 Å². The van der Waals surface area contributed by atoms with Crippen LogP contribution in [0.15, 0.2) is 18.3 Å². The summed E-state index contributed by atoms with van der Waals surface area (Å²) in [5, 5.41) is 0.995. The molecule has 0 atom stereocenters. The summed E-state index contributed by atoms with van der Waals surface area (Å²) >= 11 is 7.19. The maximum absolute atomic E-state index is 12.8. The minimum absolute atomic E-state index is 0.115. The number of carbonyl (C=O) groups is 1. The molecule has 0 fully saturated rings. The van der Waals surface area contributed by atoms with Crippen molar-refractivity contribution in [2.45, 2.75) is 6.42 Å². The molecule has 0 spiro atoms. The molecular weight excluding hydrogens is 365 g/mol. The summed E-state index contributed by atoms with van der Waals surface area (Å²) in [6, 6.07) is 2.71. The molecule has 0 saturated heterocycles. The number of hydrogen-bond donors (Lipinski definition) is 0. The molecular formula is C13H13ClFN3O3S2. The number of halogens is 2. The summed E-state index contributed by atoms with van der Waals surface area (Å²) in [6.45, 7) is 0. The zero-order valence-corrected chi connectivity index (χ0v) is 14.7. The number of sulfone groups is 1. The fourth-order valence-electron chi connectivity index (χ4n) is 1.68. The van der Waals surface area contributed by atoms with Crippen LogP contribution in [0.2, 0.25) is 5.15 Å². The van der Waals surface area contributed by atoms with Gasteiger partial charge in [0, 0.05) is 31.5 Å². The van der Waals surface area contributed by atoms with Crippen LogP contribution in [0.5, 0.6) is 0 Å². The number of hydrogen-bond acceptors (Lipinski definition) is 6. The van der Waals surface area contributed by atoms with Gasteiger partial charge in [-0.25, -0.2) is 18.4 Å². The molecule has 0 aromatic carbocycles. The van der Waals surface area contributed by atoms with E-state index in [1.165, 1.54) is 30.3 Å². The second-order valence-corrected chi connectivity index (χ2v) is 8.41. The van der Waals surface area contributed by atoms with Gasteiger partial charge >= 0.3 is 0 Å². The van der Waals surface area contributed by atoms with Crippen molar-refractivity contribution in [3.05, 3.63) is 29.4 Å². The third-order valence-corrected chi connectivity index (χ3v) is 5.41. The van der Waals surface area contributed by atoms with Crippen molar-refractivity contribution < 1.29 is 17.6 Å². The lowest BCUT2D eigenvalue weighted by Gasteiger charge is -2.14. The largest absolute Gasteiger partial charge is 0.304 e. The van der Waals surface area contributed by atoms with Crippen molar-refractivity contribution >= 4 is 43.7 Å². The van der Waals surface area contributed by atoms with E-state index in [2.05, 4.69) is 9.97 Å². The SMILES string of the molecule is CN(C(=O)CCS(C)(=O)=O)c1sc(-c2ccc(F)nc2)nc1Cl. The quantitative estimate of drug-likeness (QED) is 0.747. The lowest BCUT2D eigenvalue weighted by atomic mass is 10.3. The van der Waals surface area contributed by atoms with E-state index in [4.69, 9.17) is 11.6 Å². The van der Waals surface area contributed by atoms with Gasteiger partial charge in [-0.2, -0.15) is 4.39 Å². The minimum Gasteiger partial charge on any atom is -0.304 e. The van der Waals surface area contributed by atoms with Gasteiger partial charge in [0.25, 0.3) is 0 Å². The van der Waals surface area contributed by atoms with Gasteiger partial charge in [0.2, 0.25) is 11.9 Å². The lowest BCUT2D eigenvalue weighted by Crippen LogP contribution is -2.27. The molecule has 124 valence electrons. The molecule has 0 aliphatic heterocycles. The number of nitrogens with zero attached hydrogens (tertiary/aromatic N) is 3. The van der Waals surface area contributed by atoms with Crippen molar-refractivity contribution in [2.75, 3.05) is 24.0 Å². The molecule has 0 saturated carbocycles. The summed E-state index contributed by atoms with van der Waals surface area (Å²) in [6.07, 6.45) is 2.25. The summed E-state index contributed by atoms with van der Waals surface area (Å²) in [7, 11) is -1.73. The first-order valence-corrected chi connectivity index (χ1v) is 9.65. The third kappa shape index (κ3) is 4.69. The fourth-order valence-corrected chi connectivity index (χ4v) is 3.53. The predicted molar refractivity (Wildman–Crippen MR) is 88.1 cm³/mol. The molecule has 2 aromatic heterocycles. The van der Waals surface area contributed by atoms with Gasteiger partial charge in [0.15, 0.2) is 5.15 Å². The van der Waals surface area contributed by atoms with Gasteiger partial charge in [-0.1, -0.05) is 22.9 Å². The number of anilines is 1. The van der Waals surface area contributed by atoms with Crippen LogP contribution in [-0.4, -0.2) is 43.3 Å². The molecule has 0 aliphatic carbocycles. The highest BCUT2D eigenvalue weighted by Crippen LogP contribution is 2.37. The Morgan fingerprint density at radius 1 is 1.43 bits per heavy atom. The molecule has 2 rings (SSSR count). The second kappa shape index (κ2) is 6.90. The highest BCUT2D eigenvalue weighted by molar-refractivity contribution is 7.90. The summed E-state index contributed by atoms with van der Waals surface area (Å²) < 4.78 is 35.1. The van der Waals surface area contributed by atoms with Gasteiger partial charge in [0.05, 0.1) is 5.75 Å². The molecule has 2 aromatic rings. The first-order valence-electron chi connectivity index (χ1n) is 6.40. The van der Waals surface area contributed by atoms with Gasteiger partial charge in [-0.05, 0) is 12.1 Å². The van der Waals surface area contributed by atoms with E-state index >= 15 is 0 Å². The highest BCUT2D eigenvalue weighted by Gasteiger charge is 2.20. The van der Waals surface area contributed by atoms with Crippen LogP contribution >= 0.6 is 22.9 Å². The van der Waals surface area contributed by atoms with Gasteiger partial charge in [0.1, 0.15) is 19.8 Å². The van der Waals surface area contributed by atoms with Crippen molar-refractivity contribution in [2.24, 2.45) is 0 Å². The van der Waals surface area contributed by atoms with E-state index in [1.54, 1.807) is 0 Å². The molecule has 10 heteroatoms. The summed E-state index contributed by atoms with van der Waals surface area (Å²) in [5.41, 5.74) is 0.571. The fraction of sp³-hybridized carbons (Fsp3) is 0.308. The Labute approximate surface area is 141 Å². The third-order valence-electron chi connectivity index (χ3n) is 2.91. The zero-order valence-electron chi connectivity index (χ0n) is 12.3. The van der Waals surface area contributed by atoms with Crippen molar-refractivity contribution in [3.8, 4) is 10.6 Å². The lowest BCUT2D eigenvalue weighted by molar-refractivity contribution is -0.117. The number of amides is 1. The molecule has 1 amide bonds. The first-order chi connectivity index (χ1) is 10.7. The minimum atomic E-state index is -3.22. The van der Waals surface area contributed by atoms with Crippen molar-refractivity contribution in [1.82, 2.24) is 9.97 Å². The Morgan fingerprint density at radius 3 is 2.70 bits per heavy atom. The molecule has 0 unspecified atom stereocenters. The van der Waals surface area contributed by atoms with Crippen molar-refractivity contribution in [1.29, 1.82) is 0 Å². The van der Waals surface area contributed by atoms with E-state index in [0.29, 0.717) is 15.6 Å². The van der Waals surface area contributed by atoms with Crippen LogP contribution < -0.4 is 4.90 Å². The van der Waals surface area contributed by atoms with E-state index in [0.717, 1.165) is 17.6 Å². The Balaban J connectivity index is 2.20. The smallest absolute Gasteiger partial charge is 0.228 e. The average molecular weight is 378 g/mol. The van der Waals surface area contributed by atoms with E-state index in [1.807, 2.05) is 0 Å². The second-order valence-electron chi connectivity index (χ2n) is 4.82. The predicted octanol–water partition coefficient (Wildman–Crippen LogP) is 2.40. The zero-order chi connectivity index (χ0) is 17.2. The molecule has 23 heavy (non-hydrogen) atoms. The normalized spacial score (nSPS) is 11.5. The molecule has 2 heterocycles. The maximum atomic E-state index is 12.8. The standard InChI is InChI=1S/C13H13ClFN3O3S2/c1-18(10(19)5-6-23(2,20)21)13-11(14)17-12(22-13)8-3-4-9(15)16-7-8/h3-4,7H,5-6H2,1-2H3. The van der Waals surface area contributed by atoms with E-state index in [-0.39, 0.29) is 23.2 Å². The monoisotopic (exact) mass is 377 g/mol. The molecule has 6 nitrogen and oxygen atoms in total. The summed E-state index contributed by atoms with van der Waals surface area (Å²) in [5.74, 6) is -1.23. The summed E-state index contributed by atoms with van der Waals surface area (Å²) in [4.78, 5) is 21.0. The Morgan fingerprint density at radius 2 is 2.13 bits per heavy atom. The Bertz CT molecular complexity index is 821. The van der Waals surface area contributed by atoms with Gasteiger partial charge in [-0.3, -0.25) is 4.79 Å². The first kappa shape index (κ1) is 17.8. The molecule has 0 N–H and O–H groups in total. The number of pyridine rings is 1. The van der Waals surface area contributed by atoms with Crippen LogP contribution in [0.25, 0.3) is 10.6 Å². The topological polar surface area (TPSA) is 80.2 Å². The van der Waals surface area contributed by atoms with Crippen LogP contribution in [0, 0.1) is 5.95 Å². The molecule has 0 radical (unpaired) electrons. The number of carbonyl (C=O) groups excluding carboxylic acids is 1. The number of thiazole rings is 1. The molecule has 0 bridgehead atoms. The van der Waals surface area contributed by atoms with Crippen LogP contribution in [0.4, 0.5) is 9.39 Å². The number of aromatic nitrogens is 2. The number of rotatable bonds is 5. The van der Waals surface area contributed by atoms with Crippen LogP contribution in [0.1, 0.15) is 6.42 Å². The van der Waals surface area contributed by atoms with Gasteiger partial charge in [-0.15, -0.1) is 0 Å². The van der Waals surface area contributed by atoms with Gasteiger partial charge < -0.3 is 4.90 Å². The highest BCUT2D eigenvalue weighted by atomic mass is 35.5.